The van der Waals surface area contributed by atoms with Crippen molar-refractivity contribution in [2.75, 3.05) is 19.7 Å². The number of likely N-dealkylation sites (tertiary alicyclic amines) is 1. The average Bonchev–Trinajstić information content (AvgIpc) is 3.29. The molecule has 2 aliphatic heterocycles. The van der Waals surface area contributed by atoms with Crippen molar-refractivity contribution in [1.82, 2.24) is 9.88 Å². The van der Waals surface area contributed by atoms with E-state index in [0.29, 0.717) is 24.3 Å². The number of amides is 1. The molecule has 1 aromatic carbocycles. The Morgan fingerprint density at radius 3 is 2.79 bits per heavy atom. The third kappa shape index (κ3) is 3.34. The molecule has 128 valence electrons. The van der Waals surface area contributed by atoms with E-state index in [4.69, 9.17) is 4.74 Å². The molecular formula is C20H26N2O2. The van der Waals surface area contributed by atoms with E-state index in [-0.39, 0.29) is 0 Å². The number of para-hydroxylation sites is 1. The van der Waals surface area contributed by atoms with Crippen LogP contribution < -0.4 is 0 Å². The SMILES string of the molecule is O=C(CCC1CCCO1)N1CCC(c2cc3ccccc3[nH]2)CC1. The van der Waals surface area contributed by atoms with Crippen molar-refractivity contribution in [2.24, 2.45) is 0 Å². The van der Waals surface area contributed by atoms with Crippen molar-refractivity contribution in [2.45, 2.75) is 50.5 Å². The Hall–Kier alpha value is -1.81. The van der Waals surface area contributed by atoms with Crippen molar-refractivity contribution >= 4 is 16.8 Å². The summed E-state index contributed by atoms with van der Waals surface area (Å²) in [6.07, 6.45) is 6.22. The monoisotopic (exact) mass is 326 g/mol. The topological polar surface area (TPSA) is 45.3 Å². The van der Waals surface area contributed by atoms with Gasteiger partial charge in [0.2, 0.25) is 5.91 Å². The molecule has 0 bridgehead atoms. The van der Waals surface area contributed by atoms with Gasteiger partial charge in [0.1, 0.15) is 0 Å². The van der Waals surface area contributed by atoms with Crippen LogP contribution in [-0.2, 0) is 9.53 Å². The summed E-state index contributed by atoms with van der Waals surface area (Å²) in [5.41, 5.74) is 2.53. The molecule has 2 aromatic rings. The van der Waals surface area contributed by atoms with Crippen molar-refractivity contribution in [1.29, 1.82) is 0 Å². The molecule has 24 heavy (non-hydrogen) atoms. The minimum absolute atomic E-state index is 0.306. The molecule has 3 heterocycles. The van der Waals surface area contributed by atoms with Gasteiger partial charge < -0.3 is 14.6 Å². The molecule has 1 atom stereocenters. The van der Waals surface area contributed by atoms with Gasteiger partial charge in [0, 0.05) is 43.2 Å². The number of benzene rings is 1. The normalized spacial score (nSPS) is 22.3. The fraction of sp³-hybridized carbons (Fsp3) is 0.550. The number of aromatic nitrogens is 1. The second-order valence-electron chi connectivity index (χ2n) is 7.14. The number of nitrogens with zero attached hydrogens (tertiary/aromatic N) is 1. The Kier molecular flexibility index (Phi) is 4.56. The van der Waals surface area contributed by atoms with Crippen LogP contribution in [0.1, 0.15) is 50.1 Å². The minimum atomic E-state index is 0.306. The highest BCUT2D eigenvalue weighted by Crippen LogP contribution is 2.30. The van der Waals surface area contributed by atoms with Gasteiger partial charge in [0.25, 0.3) is 0 Å². The van der Waals surface area contributed by atoms with Crippen molar-refractivity contribution in [3.8, 4) is 0 Å². The van der Waals surface area contributed by atoms with Gasteiger partial charge in [0.15, 0.2) is 0 Å². The zero-order valence-electron chi connectivity index (χ0n) is 14.2. The number of rotatable bonds is 4. The first-order valence-electron chi connectivity index (χ1n) is 9.26. The number of hydrogen-bond donors (Lipinski definition) is 1. The Morgan fingerprint density at radius 1 is 1.21 bits per heavy atom. The number of H-pyrrole nitrogens is 1. The number of nitrogens with one attached hydrogen (secondary N) is 1. The summed E-state index contributed by atoms with van der Waals surface area (Å²) in [6, 6.07) is 10.7. The Balaban J connectivity index is 1.30. The zero-order chi connectivity index (χ0) is 16.4. The maximum Gasteiger partial charge on any atom is 0.222 e. The van der Waals surface area contributed by atoms with Crippen LogP contribution in [0.25, 0.3) is 10.9 Å². The fourth-order valence-corrected chi connectivity index (χ4v) is 4.07. The summed E-state index contributed by atoms with van der Waals surface area (Å²) in [7, 11) is 0. The largest absolute Gasteiger partial charge is 0.378 e. The van der Waals surface area contributed by atoms with Gasteiger partial charge in [-0.1, -0.05) is 18.2 Å². The molecule has 4 heteroatoms. The van der Waals surface area contributed by atoms with Gasteiger partial charge in [-0.2, -0.15) is 0 Å². The molecule has 4 rings (SSSR count). The lowest BCUT2D eigenvalue weighted by molar-refractivity contribution is -0.132. The van der Waals surface area contributed by atoms with E-state index in [1.807, 2.05) is 4.90 Å². The summed E-state index contributed by atoms with van der Waals surface area (Å²) in [5.74, 6) is 0.847. The Bertz CT molecular complexity index is 661. The van der Waals surface area contributed by atoms with Gasteiger partial charge in [-0.15, -0.1) is 0 Å². The lowest BCUT2D eigenvalue weighted by Crippen LogP contribution is -2.38. The van der Waals surface area contributed by atoms with E-state index >= 15 is 0 Å². The van der Waals surface area contributed by atoms with Crippen LogP contribution in [0, 0.1) is 0 Å². The molecule has 0 saturated carbocycles. The number of carbonyl (C=O) groups excluding carboxylic acids is 1. The molecule has 1 amide bonds. The molecule has 1 unspecified atom stereocenters. The second-order valence-corrected chi connectivity index (χ2v) is 7.14. The molecule has 1 N–H and O–H groups in total. The van der Waals surface area contributed by atoms with Crippen molar-refractivity contribution in [3.63, 3.8) is 0 Å². The lowest BCUT2D eigenvalue weighted by atomic mass is 9.93. The molecule has 2 fully saturated rings. The first kappa shape index (κ1) is 15.7. The van der Waals surface area contributed by atoms with Crippen molar-refractivity contribution in [3.05, 3.63) is 36.0 Å². The smallest absolute Gasteiger partial charge is 0.222 e. The molecule has 0 radical (unpaired) electrons. The highest BCUT2D eigenvalue weighted by Gasteiger charge is 2.25. The van der Waals surface area contributed by atoms with E-state index in [9.17, 15) is 4.79 Å². The van der Waals surface area contributed by atoms with Crippen LogP contribution >= 0.6 is 0 Å². The predicted molar refractivity (Wildman–Crippen MR) is 95.1 cm³/mol. The molecule has 2 saturated heterocycles. The number of aromatic amines is 1. The molecule has 1 aromatic heterocycles. The third-order valence-electron chi connectivity index (χ3n) is 5.54. The highest BCUT2D eigenvalue weighted by molar-refractivity contribution is 5.80. The summed E-state index contributed by atoms with van der Waals surface area (Å²) in [6.45, 7) is 2.63. The predicted octanol–water partition coefficient (Wildman–Crippen LogP) is 3.83. The number of fused-ring (bicyclic) bond motifs is 1. The Labute approximate surface area is 143 Å². The van der Waals surface area contributed by atoms with Crippen LogP contribution in [-0.4, -0.2) is 41.6 Å². The number of ether oxygens (including phenoxy) is 1. The maximum atomic E-state index is 12.4. The summed E-state index contributed by atoms with van der Waals surface area (Å²) < 4.78 is 5.62. The zero-order valence-corrected chi connectivity index (χ0v) is 14.2. The summed E-state index contributed by atoms with van der Waals surface area (Å²) in [4.78, 5) is 18.0. The number of hydrogen-bond acceptors (Lipinski definition) is 2. The highest BCUT2D eigenvalue weighted by atomic mass is 16.5. The van der Waals surface area contributed by atoms with Gasteiger partial charge in [-0.05, 0) is 49.6 Å². The van der Waals surface area contributed by atoms with E-state index < -0.39 is 0 Å². The van der Waals surface area contributed by atoms with Crippen LogP contribution in [0.5, 0.6) is 0 Å². The summed E-state index contributed by atoms with van der Waals surface area (Å²) >= 11 is 0. The minimum Gasteiger partial charge on any atom is -0.378 e. The summed E-state index contributed by atoms with van der Waals surface area (Å²) in [5, 5.41) is 1.28. The average molecular weight is 326 g/mol. The molecule has 4 nitrogen and oxygen atoms in total. The van der Waals surface area contributed by atoms with Crippen LogP contribution in [0.3, 0.4) is 0 Å². The standard InChI is InChI=1S/C20H26N2O2/c23-20(8-7-17-5-3-13-24-17)22-11-9-15(10-12-22)19-14-16-4-1-2-6-18(16)21-19/h1-2,4,6,14-15,17,21H,3,5,7-13H2. The van der Waals surface area contributed by atoms with Gasteiger partial charge >= 0.3 is 0 Å². The molecule has 0 spiro atoms. The van der Waals surface area contributed by atoms with Crippen LogP contribution in [0.15, 0.2) is 30.3 Å². The van der Waals surface area contributed by atoms with Crippen LogP contribution in [0.4, 0.5) is 0 Å². The molecule has 2 aliphatic rings. The van der Waals surface area contributed by atoms with Gasteiger partial charge in [-0.3, -0.25) is 4.79 Å². The Morgan fingerprint density at radius 2 is 2.04 bits per heavy atom. The van der Waals surface area contributed by atoms with Crippen LogP contribution in [0.2, 0.25) is 0 Å². The molecular weight excluding hydrogens is 300 g/mol. The van der Waals surface area contributed by atoms with E-state index in [1.54, 1.807) is 0 Å². The number of carbonyl (C=O) groups is 1. The lowest BCUT2D eigenvalue weighted by Gasteiger charge is -2.32. The quantitative estimate of drug-likeness (QED) is 0.928. The third-order valence-corrected chi connectivity index (χ3v) is 5.54. The maximum absolute atomic E-state index is 12.4. The van der Waals surface area contributed by atoms with E-state index in [0.717, 1.165) is 51.8 Å². The van der Waals surface area contributed by atoms with E-state index in [1.165, 1.54) is 16.6 Å². The van der Waals surface area contributed by atoms with Crippen molar-refractivity contribution < 1.29 is 9.53 Å². The first-order valence-corrected chi connectivity index (χ1v) is 9.26. The number of piperidine rings is 1. The van der Waals surface area contributed by atoms with Gasteiger partial charge in [-0.25, -0.2) is 0 Å². The fourth-order valence-electron chi connectivity index (χ4n) is 4.07. The molecule has 0 aliphatic carbocycles. The first-order chi connectivity index (χ1) is 11.8. The van der Waals surface area contributed by atoms with Gasteiger partial charge in [0.05, 0.1) is 6.10 Å². The van der Waals surface area contributed by atoms with E-state index in [2.05, 4.69) is 35.3 Å². The second kappa shape index (κ2) is 6.98.